The molecular formula is C21H26N3O8P. The van der Waals surface area contributed by atoms with E-state index in [0.29, 0.717) is 5.56 Å². The number of carbonyl (C=O) groups is 1. The minimum atomic E-state index is -4.03. The van der Waals surface area contributed by atoms with Crippen molar-refractivity contribution in [2.24, 2.45) is 0 Å². The molecule has 33 heavy (non-hydrogen) atoms. The summed E-state index contributed by atoms with van der Waals surface area (Å²) in [5, 5.41) is 2.56. The number of rotatable bonds is 9. The molecular weight excluding hydrogens is 453 g/mol. The topological polar surface area (TPSA) is 138 Å². The molecule has 0 saturated heterocycles. The van der Waals surface area contributed by atoms with E-state index in [4.69, 9.17) is 13.8 Å². The van der Waals surface area contributed by atoms with Crippen LogP contribution in [0.5, 0.6) is 5.75 Å². The normalized spacial score (nSPS) is 20.2. The second-order valence-electron chi connectivity index (χ2n) is 7.50. The maximum atomic E-state index is 13.4. The van der Waals surface area contributed by atoms with Crippen molar-refractivity contribution in [3.05, 3.63) is 74.6 Å². The average molecular weight is 479 g/mol. The monoisotopic (exact) mass is 479 g/mol. The molecule has 0 fully saturated rings. The Morgan fingerprint density at radius 3 is 2.61 bits per heavy atom. The summed E-state index contributed by atoms with van der Waals surface area (Å²) in [6.07, 6.45) is 3.20. The van der Waals surface area contributed by atoms with E-state index in [1.54, 1.807) is 43.3 Å². The molecule has 0 amide bonds. The Morgan fingerprint density at radius 1 is 1.24 bits per heavy atom. The standard InChI is InChI=1S/C21H26N3O8P/c1-13-5-7-16(8-6-13)32-33(28,23-15(3)20(26)29-4)30-12-17-9-10-18(31-17)24-11-14(2)19(25)22-21(24)27/h5-11,15,17-18H,12H2,1-4H3,(H,23,28)(H,22,25,27)/t15?,17-,18+,33?/m0/s1. The van der Waals surface area contributed by atoms with Gasteiger partial charge in [0.15, 0.2) is 6.23 Å². The third-order valence-electron chi connectivity index (χ3n) is 4.79. The number of hydrogen-bond donors (Lipinski definition) is 2. The lowest BCUT2D eigenvalue weighted by Gasteiger charge is -2.24. The van der Waals surface area contributed by atoms with Gasteiger partial charge in [-0.1, -0.05) is 23.8 Å². The summed E-state index contributed by atoms with van der Waals surface area (Å²) in [4.78, 5) is 37.7. The molecule has 2 N–H and O–H groups in total. The molecule has 11 nitrogen and oxygen atoms in total. The molecule has 0 radical (unpaired) electrons. The van der Waals surface area contributed by atoms with Crippen LogP contribution in [0.2, 0.25) is 0 Å². The Balaban J connectivity index is 1.71. The van der Waals surface area contributed by atoms with E-state index >= 15 is 0 Å². The SMILES string of the molecule is COC(=O)C(C)NP(=O)(OC[C@@H]1C=C[C@H](n2cc(C)c(=O)[nH]c2=O)O1)Oc1ccc(C)cc1. The fourth-order valence-corrected chi connectivity index (χ4v) is 4.49. The first-order valence-electron chi connectivity index (χ1n) is 10.1. The molecule has 12 heteroatoms. The Labute approximate surface area is 189 Å². The maximum Gasteiger partial charge on any atom is 0.459 e. The summed E-state index contributed by atoms with van der Waals surface area (Å²) < 4.78 is 36.2. The second kappa shape index (κ2) is 10.3. The van der Waals surface area contributed by atoms with E-state index < -0.39 is 43.3 Å². The second-order valence-corrected chi connectivity index (χ2v) is 9.19. The van der Waals surface area contributed by atoms with Crippen LogP contribution in [0.3, 0.4) is 0 Å². The number of nitrogens with one attached hydrogen (secondary N) is 2. The molecule has 2 aromatic rings. The number of esters is 1. The summed E-state index contributed by atoms with van der Waals surface area (Å²) in [6, 6.07) is 5.84. The zero-order chi connectivity index (χ0) is 24.2. The highest BCUT2D eigenvalue weighted by Crippen LogP contribution is 2.45. The number of aromatic nitrogens is 2. The van der Waals surface area contributed by atoms with Crippen molar-refractivity contribution < 1.29 is 27.9 Å². The first kappa shape index (κ1) is 24.7. The van der Waals surface area contributed by atoms with Gasteiger partial charge in [0.05, 0.1) is 13.7 Å². The first-order valence-corrected chi connectivity index (χ1v) is 11.7. The predicted molar refractivity (Wildman–Crippen MR) is 119 cm³/mol. The van der Waals surface area contributed by atoms with E-state index in [1.807, 2.05) is 6.92 Å². The molecule has 178 valence electrons. The zero-order valence-corrected chi connectivity index (χ0v) is 19.5. The number of nitrogens with zero attached hydrogens (tertiary/aromatic N) is 1. The zero-order valence-electron chi connectivity index (χ0n) is 18.6. The molecule has 2 unspecified atom stereocenters. The minimum Gasteiger partial charge on any atom is -0.468 e. The molecule has 1 aliphatic heterocycles. The van der Waals surface area contributed by atoms with Crippen molar-refractivity contribution >= 4 is 13.7 Å². The lowest BCUT2D eigenvalue weighted by atomic mass is 10.2. The van der Waals surface area contributed by atoms with Crippen LogP contribution in [0, 0.1) is 13.8 Å². The summed E-state index contributed by atoms with van der Waals surface area (Å²) in [5.74, 6) is -0.360. The van der Waals surface area contributed by atoms with Crippen LogP contribution in [-0.4, -0.2) is 41.4 Å². The molecule has 1 aliphatic rings. The predicted octanol–water partition coefficient (Wildman–Crippen LogP) is 1.96. The van der Waals surface area contributed by atoms with Gasteiger partial charge in [-0.15, -0.1) is 0 Å². The van der Waals surface area contributed by atoms with Gasteiger partial charge in [0.2, 0.25) is 0 Å². The van der Waals surface area contributed by atoms with E-state index in [2.05, 4.69) is 14.8 Å². The lowest BCUT2D eigenvalue weighted by molar-refractivity contribution is -0.142. The smallest absolute Gasteiger partial charge is 0.459 e. The highest BCUT2D eigenvalue weighted by atomic mass is 31.2. The van der Waals surface area contributed by atoms with Crippen LogP contribution in [-0.2, 0) is 23.4 Å². The van der Waals surface area contributed by atoms with Gasteiger partial charge in [0, 0.05) is 11.8 Å². The number of methoxy groups -OCH3 is 1. The van der Waals surface area contributed by atoms with Crippen molar-refractivity contribution in [3.63, 3.8) is 0 Å². The van der Waals surface area contributed by atoms with Crippen molar-refractivity contribution in [2.45, 2.75) is 39.1 Å². The van der Waals surface area contributed by atoms with E-state index in [9.17, 15) is 18.9 Å². The van der Waals surface area contributed by atoms with E-state index in [-0.39, 0.29) is 12.4 Å². The van der Waals surface area contributed by atoms with Crippen LogP contribution < -0.4 is 20.9 Å². The number of hydrogen-bond acceptors (Lipinski definition) is 8. The third kappa shape index (κ3) is 6.29. The Kier molecular flexibility index (Phi) is 7.70. The highest BCUT2D eigenvalue weighted by molar-refractivity contribution is 7.52. The van der Waals surface area contributed by atoms with Gasteiger partial charge in [-0.25, -0.2) is 9.36 Å². The number of H-pyrrole nitrogens is 1. The lowest BCUT2D eigenvalue weighted by Crippen LogP contribution is -2.35. The number of aryl methyl sites for hydroxylation is 2. The van der Waals surface area contributed by atoms with Crippen LogP contribution in [0.4, 0.5) is 0 Å². The molecule has 0 bridgehead atoms. The van der Waals surface area contributed by atoms with Gasteiger partial charge in [-0.05, 0) is 39.0 Å². The summed E-state index contributed by atoms with van der Waals surface area (Å²) in [6.45, 7) is 4.73. The molecule has 1 aromatic heterocycles. The van der Waals surface area contributed by atoms with Gasteiger partial charge >= 0.3 is 19.4 Å². The van der Waals surface area contributed by atoms with E-state index in [0.717, 1.165) is 5.56 Å². The van der Waals surface area contributed by atoms with Crippen molar-refractivity contribution in [2.75, 3.05) is 13.7 Å². The molecule has 0 spiro atoms. The maximum absolute atomic E-state index is 13.4. The molecule has 0 aliphatic carbocycles. The molecule has 1 aromatic carbocycles. The summed E-state index contributed by atoms with van der Waals surface area (Å²) in [7, 11) is -2.82. The number of ether oxygens (including phenoxy) is 2. The van der Waals surface area contributed by atoms with E-state index in [1.165, 1.54) is 24.8 Å². The van der Waals surface area contributed by atoms with Crippen molar-refractivity contribution in [1.82, 2.24) is 14.6 Å². The third-order valence-corrected chi connectivity index (χ3v) is 6.43. The molecule has 0 saturated carbocycles. The van der Waals surface area contributed by atoms with Crippen LogP contribution in [0.15, 0.2) is 52.2 Å². The fourth-order valence-electron chi connectivity index (χ4n) is 2.98. The molecule has 3 rings (SSSR count). The Morgan fingerprint density at radius 2 is 1.94 bits per heavy atom. The largest absolute Gasteiger partial charge is 0.468 e. The number of carbonyl (C=O) groups excluding carboxylic acids is 1. The van der Waals surface area contributed by atoms with Gasteiger partial charge in [-0.3, -0.25) is 23.7 Å². The Bertz CT molecular complexity index is 1190. The van der Waals surface area contributed by atoms with Crippen LogP contribution >= 0.6 is 7.75 Å². The summed E-state index contributed by atoms with van der Waals surface area (Å²) in [5.41, 5.74) is 0.238. The molecule has 4 atom stereocenters. The first-order chi connectivity index (χ1) is 15.6. The van der Waals surface area contributed by atoms with Crippen LogP contribution in [0.25, 0.3) is 0 Å². The van der Waals surface area contributed by atoms with Gasteiger partial charge in [0.1, 0.15) is 17.9 Å². The van der Waals surface area contributed by atoms with Gasteiger partial charge in [-0.2, -0.15) is 5.09 Å². The van der Waals surface area contributed by atoms with Crippen molar-refractivity contribution in [1.29, 1.82) is 0 Å². The quantitative estimate of drug-likeness (QED) is 0.314. The number of aromatic amines is 1. The highest BCUT2D eigenvalue weighted by Gasteiger charge is 2.34. The Hall–Kier alpha value is -2.98. The summed E-state index contributed by atoms with van der Waals surface area (Å²) >= 11 is 0. The average Bonchev–Trinajstić information content (AvgIpc) is 3.25. The van der Waals surface area contributed by atoms with Gasteiger partial charge < -0.3 is 14.0 Å². The van der Waals surface area contributed by atoms with Crippen LogP contribution in [0.1, 0.15) is 24.3 Å². The minimum absolute atomic E-state index is 0.200. The molecule has 2 heterocycles. The van der Waals surface area contributed by atoms with Gasteiger partial charge in [0.25, 0.3) is 5.56 Å². The van der Waals surface area contributed by atoms with Crippen molar-refractivity contribution in [3.8, 4) is 5.75 Å². The number of benzene rings is 1. The fraction of sp³-hybridized carbons (Fsp3) is 0.381.